The second-order valence-electron chi connectivity index (χ2n) is 2.43. The maximum Gasteiger partial charge on any atom is 0.169 e. The Morgan fingerprint density at radius 3 is 2.69 bits per heavy atom. The molecule has 0 aliphatic carbocycles. The Balaban J connectivity index is 2.59. The van der Waals surface area contributed by atoms with E-state index < -0.39 is 0 Å². The molecule has 0 saturated heterocycles. The molecule has 2 heterocycles. The van der Waals surface area contributed by atoms with Crippen molar-refractivity contribution in [2.45, 2.75) is 0 Å². The summed E-state index contributed by atoms with van der Waals surface area (Å²) in [5, 5.41) is 6.04. The molecule has 0 amide bonds. The van der Waals surface area contributed by atoms with Crippen LogP contribution >= 0.6 is 43.2 Å². The zero-order valence-electron chi connectivity index (χ0n) is 6.66. The second kappa shape index (κ2) is 3.51. The molecular formula is C7H5Br2N3S. The first-order valence-corrected chi connectivity index (χ1v) is 5.93. The molecule has 0 aliphatic rings. The lowest BCUT2D eigenvalue weighted by Gasteiger charge is -1.96. The summed E-state index contributed by atoms with van der Waals surface area (Å²) in [5.41, 5.74) is 0. The van der Waals surface area contributed by atoms with Crippen molar-refractivity contribution in [1.29, 1.82) is 0 Å². The van der Waals surface area contributed by atoms with E-state index in [1.807, 2.05) is 12.4 Å². The van der Waals surface area contributed by atoms with Gasteiger partial charge in [-0.3, -0.25) is 0 Å². The number of thiophene rings is 1. The Morgan fingerprint density at radius 1 is 1.46 bits per heavy atom. The Hall–Kier alpha value is -0.200. The van der Waals surface area contributed by atoms with Gasteiger partial charge >= 0.3 is 0 Å². The van der Waals surface area contributed by atoms with Gasteiger partial charge in [-0.05, 0) is 31.9 Å². The highest BCUT2D eigenvalue weighted by molar-refractivity contribution is 9.13. The summed E-state index contributed by atoms with van der Waals surface area (Å²) in [5.74, 6) is 0.877. The van der Waals surface area contributed by atoms with Gasteiger partial charge in [0, 0.05) is 16.9 Å². The van der Waals surface area contributed by atoms with E-state index in [9.17, 15) is 0 Å². The van der Waals surface area contributed by atoms with Crippen molar-refractivity contribution < 1.29 is 0 Å². The molecule has 3 nitrogen and oxygen atoms in total. The molecule has 2 aromatic heterocycles. The monoisotopic (exact) mass is 321 g/mol. The summed E-state index contributed by atoms with van der Waals surface area (Å²) in [4.78, 5) is 5.26. The van der Waals surface area contributed by atoms with Crippen molar-refractivity contribution in [3.63, 3.8) is 0 Å². The molecule has 0 spiro atoms. The molecule has 2 aromatic rings. The largest absolute Gasteiger partial charge is 0.248 e. The predicted octanol–water partition coefficient (Wildman–Crippen LogP) is 3.07. The van der Waals surface area contributed by atoms with Gasteiger partial charge in [0.2, 0.25) is 0 Å². The minimum Gasteiger partial charge on any atom is -0.248 e. The van der Waals surface area contributed by atoms with Crippen molar-refractivity contribution in [2.24, 2.45) is 7.05 Å². The van der Waals surface area contributed by atoms with Gasteiger partial charge in [-0.2, -0.15) is 5.10 Å². The molecule has 0 aromatic carbocycles. The van der Waals surface area contributed by atoms with E-state index in [0.717, 1.165) is 19.6 Å². The second-order valence-corrected chi connectivity index (χ2v) is 4.96. The third-order valence-corrected chi connectivity index (χ3v) is 5.13. The average Bonchev–Trinajstić information content (AvgIpc) is 2.62. The van der Waals surface area contributed by atoms with E-state index in [1.54, 1.807) is 22.3 Å². The molecule has 0 bridgehead atoms. The number of nitrogens with zero attached hydrogens (tertiary/aromatic N) is 3. The van der Waals surface area contributed by atoms with Crippen molar-refractivity contribution in [3.8, 4) is 10.7 Å². The Bertz CT molecular complexity index is 435. The lowest BCUT2D eigenvalue weighted by atomic mass is 10.4. The van der Waals surface area contributed by atoms with Gasteiger partial charge in [-0.1, -0.05) is 0 Å². The van der Waals surface area contributed by atoms with E-state index in [0.29, 0.717) is 0 Å². The van der Waals surface area contributed by atoms with Crippen LogP contribution in [0.25, 0.3) is 10.7 Å². The van der Waals surface area contributed by atoms with Gasteiger partial charge in [0.15, 0.2) is 5.82 Å². The van der Waals surface area contributed by atoms with Crippen molar-refractivity contribution in [1.82, 2.24) is 14.8 Å². The average molecular weight is 323 g/mol. The summed E-state index contributed by atoms with van der Waals surface area (Å²) < 4.78 is 3.84. The van der Waals surface area contributed by atoms with Crippen LogP contribution in [0, 0.1) is 0 Å². The lowest BCUT2D eigenvalue weighted by Crippen LogP contribution is -1.92. The van der Waals surface area contributed by atoms with Crippen LogP contribution in [0.5, 0.6) is 0 Å². The van der Waals surface area contributed by atoms with E-state index in [-0.39, 0.29) is 0 Å². The summed E-state index contributed by atoms with van der Waals surface area (Å²) in [6, 6.07) is 0. The molecule has 13 heavy (non-hydrogen) atoms. The quantitative estimate of drug-likeness (QED) is 0.808. The van der Waals surface area contributed by atoms with Crippen molar-refractivity contribution in [3.05, 3.63) is 20.7 Å². The molecule has 0 radical (unpaired) electrons. The fourth-order valence-corrected chi connectivity index (χ4v) is 3.15. The SMILES string of the molecule is Cn1ncnc1-c1scc(Br)c1Br. The molecule has 0 fully saturated rings. The number of halogens is 2. The highest BCUT2D eigenvalue weighted by Gasteiger charge is 2.12. The fourth-order valence-electron chi connectivity index (χ4n) is 0.975. The third-order valence-electron chi connectivity index (χ3n) is 1.60. The summed E-state index contributed by atoms with van der Waals surface area (Å²) in [6.45, 7) is 0. The van der Waals surface area contributed by atoms with Crippen molar-refractivity contribution >= 4 is 43.2 Å². The molecule has 0 unspecified atom stereocenters. The summed E-state index contributed by atoms with van der Waals surface area (Å²) in [7, 11) is 1.88. The van der Waals surface area contributed by atoms with Crippen LogP contribution in [0.2, 0.25) is 0 Å². The maximum absolute atomic E-state index is 4.17. The first kappa shape index (κ1) is 9.36. The van der Waals surface area contributed by atoms with Crippen LogP contribution in [0.1, 0.15) is 0 Å². The van der Waals surface area contributed by atoms with E-state index in [1.165, 1.54) is 0 Å². The highest BCUT2D eigenvalue weighted by Crippen LogP contribution is 2.38. The van der Waals surface area contributed by atoms with Crippen LogP contribution < -0.4 is 0 Å². The maximum atomic E-state index is 4.17. The molecule has 0 N–H and O–H groups in total. The zero-order valence-corrected chi connectivity index (χ0v) is 10.6. The number of aryl methyl sites for hydroxylation is 1. The standard InChI is InChI=1S/C7H5Br2N3S/c1-12-7(10-3-11-12)6-5(9)4(8)2-13-6/h2-3H,1H3. The van der Waals surface area contributed by atoms with E-state index in [4.69, 9.17) is 0 Å². The number of aromatic nitrogens is 3. The van der Waals surface area contributed by atoms with Gasteiger partial charge in [0.25, 0.3) is 0 Å². The summed E-state index contributed by atoms with van der Waals surface area (Å²) >= 11 is 8.55. The zero-order chi connectivity index (χ0) is 9.42. The van der Waals surface area contributed by atoms with E-state index in [2.05, 4.69) is 41.9 Å². The van der Waals surface area contributed by atoms with Gasteiger partial charge in [0.05, 0.1) is 9.35 Å². The smallest absolute Gasteiger partial charge is 0.169 e. The fraction of sp³-hybridized carbons (Fsp3) is 0.143. The number of hydrogen-bond donors (Lipinski definition) is 0. The van der Waals surface area contributed by atoms with Crippen LogP contribution in [0.15, 0.2) is 20.7 Å². The van der Waals surface area contributed by atoms with Crippen LogP contribution in [-0.4, -0.2) is 14.8 Å². The lowest BCUT2D eigenvalue weighted by molar-refractivity contribution is 0.775. The Morgan fingerprint density at radius 2 is 2.23 bits per heavy atom. The molecule has 0 atom stereocenters. The molecule has 0 saturated carbocycles. The minimum absolute atomic E-state index is 0.877. The normalized spacial score (nSPS) is 10.7. The first-order chi connectivity index (χ1) is 6.20. The molecular weight excluding hydrogens is 318 g/mol. The third kappa shape index (κ3) is 1.58. The van der Waals surface area contributed by atoms with Gasteiger partial charge in [0.1, 0.15) is 6.33 Å². The molecule has 68 valence electrons. The van der Waals surface area contributed by atoms with Gasteiger partial charge in [-0.15, -0.1) is 11.3 Å². The van der Waals surface area contributed by atoms with Gasteiger partial charge < -0.3 is 0 Å². The van der Waals surface area contributed by atoms with Gasteiger partial charge in [-0.25, -0.2) is 9.67 Å². The minimum atomic E-state index is 0.877. The van der Waals surface area contributed by atoms with E-state index >= 15 is 0 Å². The Kier molecular flexibility index (Phi) is 2.53. The van der Waals surface area contributed by atoms with Crippen LogP contribution in [0.4, 0.5) is 0 Å². The molecule has 6 heteroatoms. The van der Waals surface area contributed by atoms with Crippen molar-refractivity contribution in [2.75, 3.05) is 0 Å². The molecule has 0 aliphatic heterocycles. The summed E-state index contributed by atoms with van der Waals surface area (Å²) in [6.07, 6.45) is 1.55. The topological polar surface area (TPSA) is 30.7 Å². The molecule has 2 rings (SSSR count). The number of rotatable bonds is 1. The Labute approximate surface area is 96.1 Å². The first-order valence-electron chi connectivity index (χ1n) is 3.47. The highest BCUT2D eigenvalue weighted by atomic mass is 79.9. The number of hydrogen-bond acceptors (Lipinski definition) is 3. The predicted molar refractivity (Wildman–Crippen MR) is 59.7 cm³/mol. The van der Waals surface area contributed by atoms with Crippen LogP contribution in [-0.2, 0) is 7.05 Å². The van der Waals surface area contributed by atoms with Crippen LogP contribution in [0.3, 0.4) is 0 Å².